The molecule has 0 radical (unpaired) electrons. The maximum atomic E-state index is 12.8. The van der Waals surface area contributed by atoms with Crippen molar-refractivity contribution in [3.05, 3.63) is 57.5 Å². The average molecular weight is 466 g/mol. The van der Waals surface area contributed by atoms with Crippen molar-refractivity contribution in [1.29, 1.82) is 0 Å². The number of benzene rings is 2. The van der Waals surface area contributed by atoms with Gasteiger partial charge in [0.05, 0.1) is 16.5 Å². The highest BCUT2D eigenvalue weighted by atomic mass is 32.1. The van der Waals surface area contributed by atoms with Gasteiger partial charge in [0.25, 0.3) is 5.69 Å². The van der Waals surface area contributed by atoms with Crippen LogP contribution in [-0.4, -0.2) is 35.1 Å². The van der Waals surface area contributed by atoms with E-state index in [1.165, 1.54) is 17.4 Å². The lowest BCUT2D eigenvalue weighted by molar-refractivity contribution is -0.385. The lowest BCUT2D eigenvalue weighted by Gasteiger charge is -2.17. The molecule has 33 heavy (non-hydrogen) atoms. The molecule has 10 nitrogen and oxygen atoms in total. The van der Waals surface area contributed by atoms with E-state index in [1.54, 1.807) is 47.5 Å². The van der Waals surface area contributed by atoms with Crippen molar-refractivity contribution >= 4 is 39.7 Å². The number of amides is 2. The zero-order valence-corrected chi connectivity index (χ0v) is 18.3. The van der Waals surface area contributed by atoms with Crippen molar-refractivity contribution in [1.82, 2.24) is 4.98 Å². The van der Waals surface area contributed by atoms with Crippen LogP contribution in [0.5, 0.6) is 11.5 Å². The summed E-state index contributed by atoms with van der Waals surface area (Å²) in [5.74, 6) is 0.206. The predicted octanol–water partition coefficient (Wildman–Crippen LogP) is 3.75. The van der Waals surface area contributed by atoms with Gasteiger partial charge in [-0.3, -0.25) is 19.7 Å². The molecule has 1 aromatic heterocycles. The van der Waals surface area contributed by atoms with Crippen molar-refractivity contribution in [2.24, 2.45) is 5.92 Å². The van der Waals surface area contributed by atoms with Crippen LogP contribution >= 0.6 is 11.3 Å². The molecule has 1 fully saturated rings. The number of ether oxygens (including phenoxy) is 2. The van der Waals surface area contributed by atoms with Crippen LogP contribution in [0.1, 0.15) is 12.0 Å². The fourth-order valence-corrected chi connectivity index (χ4v) is 4.55. The summed E-state index contributed by atoms with van der Waals surface area (Å²) >= 11 is 1.22. The number of aryl methyl sites for hydroxylation is 1. The van der Waals surface area contributed by atoms with Gasteiger partial charge in [-0.25, -0.2) is 4.98 Å². The third-order valence-electron chi connectivity index (χ3n) is 5.60. The summed E-state index contributed by atoms with van der Waals surface area (Å²) in [4.78, 5) is 42.1. The number of aromatic nitrogens is 1. The second kappa shape index (κ2) is 8.17. The first-order valence-corrected chi connectivity index (χ1v) is 11.0. The number of nitro groups is 1. The van der Waals surface area contributed by atoms with Crippen LogP contribution in [0.25, 0.3) is 11.3 Å². The van der Waals surface area contributed by atoms with E-state index in [1.807, 2.05) is 0 Å². The molecule has 2 amide bonds. The Morgan fingerprint density at radius 3 is 2.88 bits per heavy atom. The number of rotatable bonds is 5. The second-order valence-corrected chi connectivity index (χ2v) is 8.59. The first-order valence-electron chi connectivity index (χ1n) is 10.1. The molecule has 0 spiro atoms. The maximum absolute atomic E-state index is 12.8. The lowest BCUT2D eigenvalue weighted by atomic mass is 10.1. The van der Waals surface area contributed by atoms with Crippen LogP contribution in [0.15, 0.2) is 41.8 Å². The Hall–Kier alpha value is -3.99. The first kappa shape index (κ1) is 20.9. The quantitative estimate of drug-likeness (QED) is 0.449. The minimum absolute atomic E-state index is 0.0131. The summed E-state index contributed by atoms with van der Waals surface area (Å²) in [6.45, 7) is 2.06. The molecule has 11 heteroatoms. The fourth-order valence-electron chi connectivity index (χ4n) is 3.82. The molecule has 2 aliphatic heterocycles. The molecular formula is C22H18N4O6S. The van der Waals surface area contributed by atoms with E-state index in [4.69, 9.17) is 9.47 Å². The van der Waals surface area contributed by atoms with Crippen molar-refractivity contribution < 1.29 is 24.0 Å². The number of fused-ring (bicyclic) bond motifs is 1. The van der Waals surface area contributed by atoms with Gasteiger partial charge in [-0.15, -0.1) is 11.3 Å². The van der Waals surface area contributed by atoms with Crippen molar-refractivity contribution in [3.8, 4) is 22.8 Å². The van der Waals surface area contributed by atoms with E-state index in [0.717, 1.165) is 0 Å². The molecule has 0 bridgehead atoms. The Balaban J connectivity index is 1.27. The minimum Gasteiger partial charge on any atom is -0.454 e. The summed E-state index contributed by atoms with van der Waals surface area (Å²) in [6, 6.07) is 10.1. The zero-order chi connectivity index (χ0) is 23.1. The number of anilines is 2. The third kappa shape index (κ3) is 3.98. The smallest absolute Gasteiger partial charge is 0.272 e. The van der Waals surface area contributed by atoms with Gasteiger partial charge < -0.3 is 19.7 Å². The molecular weight excluding hydrogens is 448 g/mol. The predicted molar refractivity (Wildman–Crippen MR) is 121 cm³/mol. The molecule has 1 saturated heterocycles. The van der Waals surface area contributed by atoms with Crippen molar-refractivity contribution in [2.45, 2.75) is 13.3 Å². The van der Waals surface area contributed by atoms with Gasteiger partial charge in [0.1, 0.15) is 0 Å². The molecule has 2 aromatic carbocycles. The van der Waals surface area contributed by atoms with E-state index in [0.29, 0.717) is 39.1 Å². The summed E-state index contributed by atoms with van der Waals surface area (Å²) in [6.07, 6.45) is 0.0860. The average Bonchev–Trinajstić information content (AvgIpc) is 3.53. The highest BCUT2D eigenvalue weighted by molar-refractivity contribution is 7.14. The van der Waals surface area contributed by atoms with E-state index in [-0.39, 0.29) is 37.3 Å². The number of nitrogens with one attached hydrogen (secondary N) is 1. The van der Waals surface area contributed by atoms with Crippen LogP contribution in [0, 0.1) is 23.0 Å². The normalized spacial score (nSPS) is 16.8. The maximum Gasteiger partial charge on any atom is 0.272 e. The van der Waals surface area contributed by atoms with Gasteiger partial charge in [0, 0.05) is 47.3 Å². The van der Waals surface area contributed by atoms with E-state index < -0.39 is 10.8 Å². The fraction of sp³-hybridized carbons (Fsp3) is 0.227. The largest absolute Gasteiger partial charge is 0.454 e. The number of thiazole rings is 1. The summed E-state index contributed by atoms with van der Waals surface area (Å²) in [5.41, 5.74) is 2.35. The molecule has 1 N–H and O–H groups in total. The van der Waals surface area contributed by atoms with Gasteiger partial charge >= 0.3 is 0 Å². The van der Waals surface area contributed by atoms with E-state index >= 15 is 0 Å². The third-order valence-corrected chi connectivity index (χ3v) is 6.36. The number of nitrogens with zero attached hydrogens (tertiary/aromatic N) is 3. The summed E-state index contributed by atoms with van der Waals surface area (Å²) in [7, 11) is 0. The molecule has 1 unspecified atom stereocenters. The van der Waals surface area contributed by atoms with Crippen LogP contribution in [0.4, 0.5) is 16.5 Å². The molecule has 1 atom stereocenters. The standard InChI is InChI=1S/C22H18N4O6S/c1-12-2-3-13(6-17(12)26(29)30)16-10-33-22(23-16)24-21(28)14-7-20(27)25(9-14)15-4-5-18-19(8-15)32-11-31-18/h2-6,8,10,14H,7,9,11H2,1H3,(H,23,24,28). The first-order chi connectivity index (χ1) is 15.9. The van der Waals surface area contributed by atoms with Gasteiger partial charge in [0.2, 0.25) is 18.6 Å². The van der Waals surface area contributed by atoms with Gasteiger partial charge in [-0.2, -0.15) is 0 Å². The van der Waals surface area contributed by atoms with Crippen LogP contribution < -0.4 is 19.7 Å². The van der Waals surface area contributed by atoms with E-state index in [9.17, 15) is 19.7 Å². The van der Waals surface area contributed by atoms with Crippen molar-refractivity contribution in [2.75, 3.05) is 23.6 Å². The Bertz CT molecular complexity index is 1290. The van der Waals surface area contributed by atoms with Crippen LogP contribution in [0.2, 0.25) is 0 Å². The number of carbonyl (C=O) groups excluding carboxylic acids is 2. The monoisotopic (exact) mass is 466 g/mol. The molecule has 0 aliphatic carbocycles. The highest BCUT2D eigenvalue weighted by Gasteiger charge is 2.36. The second-order valence-electron chi connectivity index (χ2n) is 7.73. The highest BCUT2D eigenvalue weighted by Crippen LogP contribution is 2.37. The Kier molecular flexibility index (Phi) is 5.17. The Morgan fingerprint density at radius 2 is 2.06 bits per heavy atom. The lowest BCUT2D eigenvalue weighted by Crippen LogP contribution is -2.28. The van der Waals surface area contributed by atoms with Crippen LogP contribution in [-0.2, 0) is 9.59 Å². The SMILES string of the molecule is Cc1ccc(-c2csc(NC(=O)C3CC(=O)N(c4ccc5c(c4)OCO5)C3)n2)cc1[N+](=O)[O-]. The molecule has 5 rings (SSSR count). The number of nitro benzene ring substituents is 1. The topological polar surface area (TPSA) is 124 Å². The number of carbonyl (C=O) groups is 2. The molecule has 3 aromatic rings. The van der Waals surface area contributed by atoms with Crippen molar-refractivity contribution in [3.63, 3.8) is 0 Å². The summed E-state index contributed by atoms with van der Waals surface area (Å²) < 4.78 is 10.7. The van der Waals surface area contributed by atoms with Gasteiger partial charge in [-0.1, -0.05) is 12.1 Å². The number of hydrogen-bond donors (Lipinski definition) is 1. The molecule has 2 aliphatic rings. The zero-order valence-electron chi connectivity index (χ0n) is 17.4. The van der Waals surface area contributed by atoms with Gasteiger partial charge in [0.15, 0.2) is 16.6 Å². The molecule has 0 saturated carbocycles. The molecule has 168 valence electrons. The molecule has 3 heterocycles. The van der Waals surface area contributed by atoms with E-state index in [2.05, 4.69) is 10.3 Å². The number of hydrogen-bond acceptors (Lipinski definition) is 8. The Labute approximate surface area is 191 Å². The minimum atomic E-state index is -0.532. The Morgan fingerprint density at radius 1 is 1.24 bits per heavy atom. The summed E-state index contributed by atoms with van der Waals surface area (Å²) in [5, 5.41) is 16.1. The van der Waals surface area contributed by atoms with Crippen LogP contribution in [0.3, 0.4) is 0 Å². The van der Waals surface area contributed by atoms with Gasteiger partial charge in [-0.05, 0) is 19.1 Å².